The van der Waals surface area contributed by atoms with Crippen molar-refractivity contribution in [2.75, 3.05) is 19.6 Å². The zero-order chi connectivity index (χ0) is 23.7. The summed E-state index contributed by atoms with van der Waals surface area (Å²) in [6.07, 6.45) is 20.2. The third kappa shape index (κ3) is 4.42. The van der Waals surface area contributed by atoms with Crippen LogP contribution in [-0.4, -0.2) is 49.9 Å². The van der Waals surface area contributed by atoms with Crippen molar-refractivity contribution in [1.82, 2.24) is 24.4 Å². The Hall–Kier alpha value is -3.25. The molecule has 6 nitrogen and oxygen atoms in total. The van der Waals surface area contributed by atoms with Gasteiger partial charge in [0.15, 0.2) is 0 Å². The summed E-state index contributed by atoms with van der Waals surface area (Å²) in [5.74, 6) is 0.461. The Morgan fingerprint density at radius 2 is 1.94 bits per heavy atom. The summed E-state index contributed by atoms with van der Waals surface area (Å²) in [5.41, 5.74) is 6.67. The summed E-state index contributed by atoms with van der Waals surface area (Å²) >= 11 is 0. The van der Waals surface area contributed by atoms with E-state index < -0.39 is 0 Å². The minimum absolute atomic E-state index is 0.0436. The van der Waals surface area contributed by atoms with Gasteiger partial charge in [-0.1, -0.05) is 32.1 Å². The number of allylic oxidation sites excluding steroid dienone is 7. The highest BCUT2D eigenvalue weighted by Gasteiger charge is 2.25. The number of aromatic nitrogens is 3. The van der Waals surface area contributed by atoms with Gasteiger partial charge in [0, 0.05) is 23.5 Å². The number of carbonyl (C=O) groups excluding carboxylic acids is 1. The minimum atomic E-state index is -0.0436. The van der Waals surface area contributed by atoms with Crippen molar-refractivity contribution in [2.24, 2.45) is 5.92 Å². The monoisotopic (exact) mass is 455 g/mol. The van der Waals surface area contributed by atoms with Crippen LogP contribution in [0.15, 0.2) is 66.2 Å². The second kappa shape index (κ2) is 9.55. The highest BCUT2D eigenvalue weighted by Crippen LogP contribution is 2.31. The number of amides is 1. The summed E-state index contributed by atoms with van der Waals surface area (Å²) in [7, 11) is 0. The van der Waals surface area contributed by atoms with Gasteiger partial charge in [-0.15, -0.1) is 0 Å². The molecule has 0 aromatic carbocycles. The van der Waals surface area contributed by atoms with Gasteiger partial charge in [-0.3, -0.25) is 14.7 Å². The van der Waals surface area contributed by atoms with E-state index in [0.717, 1.165) is 66.2 Å². The number of aryl methyl sites for hydroxylation is 2. The Labute approximate surface area is 201 Å². The van der Waals surface area contributed by atoms with Crippen LogP contribution in [-0.2, 0) is 11.2 Å². The lowest BCUT2D eigenvalue weighted by Crippen LogP contribution is -2.35. The lowest BCUT2D eigenvalue weighted by Gasteiger charge is -2.34. The van der Waals surface area contributed by atoms with Crippen LogP contribution in [0.3, 0.4) is 0 Å². The first-order chi connectivity index (χ1) is 16.6. The molecule has 2 aromatic heterocycles. The topological polar surface area (TPSA) is 53.7 Å². The van der Waals surface area contributed by atoms with E-state index in [1.54, 1.807) is 11.0 Å². The quantitative estimate of drug-likeness (QED) is 0.647. The average molecular weight is 456 g/mol. The van der Waals surface area contributed by atoms with Gasteiger partial charge in [-0.25, -0.2) is 4.52 Å². The minimum Gasteiger partial charge on any atom is -0.303 e. The molecule has 34 heavy (non-hydrogen) atoms. The zero-order valence-electron chi connectivity index (χ0n) is 20.4. The summed E-state index contributed by atoms with van der Waals surface area (Å²) < 4.78 is 1.88. The van der Waals surface area contributed by atoms with E-state index >= 15 is 0 Å². The van der Waals surface area contributed by atoms with E-state index in [9.17, 15) is 4.79 Å². The predicted molar refractivity (Wildman–Crippen MR) is 136 cm³/mol. The molecule has 5 heterocycles. The highest BCUT2D eigenvalue weighted by atomic mass is 16.2. The van der Waals surface area contributed by atoms with Crippen LogP contribution >= 0.6 is 0 Å². The number of carbonyl (C=O) groups is 1. The molecule has 3 aliphatic heterocycles. The van der Waals surface area contributed by atoms with Gasteiger partial charge in [0.2, 0.25) is 0 Å². The van der Waals surface area contributed by atoms with Crippen LogP contribution in [0.25, 0.3) is 11.1 Å². The van der Waals surface area contributed by atoms with Gasteiger partial charge >= 0.3 is 0 Å². The number of fused-ring (bicyclic) bond motifs is 2. The Balaban J connectivity index is 1.42. The van der Waals surface area contributed by atoms with Crippen LogP contribution in [0, 0.1) is 12.8 Å². The van der Waals surface area contributed by atoms with Crippen LogP contribution < -0.4 is 0 Å². The molecular weight excluding hydrogens is 422 g/mol. The fraction of sp³-hybridized carbons (Fsp3) is 0.393. The van der Waals surface area contributed by atoms with Crippen molar-refractivity contribution < 1.29 is 4.79 Å². The van der Waals surface area contributed by atoms with Gasteiger partial charge in [0.1, 0.15) is 0 Å². The SMILES string of the molecule is CCCN1CCC(C2=CN3C(=O)\C=C(c4cc5c(CC)nc(C)cn5n4)/C=C/C=C/3C=C2)CC1. The lowest BCUT2D eigenvalue weighted by atomic mass is 9.88. The molecule has 0 aliphatic carbocycles. The van der Waals surface area contributed by atoms with Crippen molar-refractivity contribution in [3.05, 3.63) is 83.3 Å². The number of hydrogen-bond acceptors (Lipinski definition) is 4. The van der Waals surface area contributed by atoms with Crippen molar-refractivity contribution in [2.45, 2.75) is 46.5 Å². The molecule has 0 N–H and O–H groups in total. The maximum atomic E-state index is 13.4. The second-order valence-corrected chi connectivity index (χ2v) is 9.38. The second-order valence-electron chi connectivity index (χ2n) is 9.38. The normalized spacial score (nSPS) is 23.6. The number of rotatable bonds is 5. The first-order valence-corrected chi connectivity index (χ1v) is 12.5. The summed E-state index contributed by atoms with van der Waals surface area (Å²) in [6, 6.07) is 2.03. The Morgan fingerprint density at radius 1 is 1.12 bits per heavy atom. The van der Waals surface area contributed by atoms with E-state index in [1.165, 1.54) is 18.5 Å². The predicted octanol–water partition coefficient (Wildman–Crippen LogP) is 4.84. The van der Waals surface area contributed by atoms with E-state index in [0.29, 0.717) is 5.92 Å². The van der Waals surface area contributed by atoms with E-state index in [4.69, 9.17) is 5.10 Å². The molecule has 0 radical (unpaired) electrons. The van der Waals surface area contributed by atoms with Crippen molar-refractivity contribution in [1.29, 1.82) is 0 Å². The fourth-order valence-corrected chi connectivity index (χ4v) is 5.15. The van der Waals surface area contributed by atoms with Gasteiger partial charge in [0.05, 0.1) is 28.8 Å². The molecule has 2 aromatic rings. The molecule has 0 saturated carbocycles. The Bertz CT molecular complexity index is 1250. The largest absolute Gasteiger partial charge is 0.303 e. The number of piperidine rings is 1. The van der Waals surface area contributed by atoms with Gasteiger partial charge in [0.25, 0.3) is 5.91 Å². The third-order valence-electron chi connectivity index (χ3n) is 6.94. The van der Waals surface area contributed by atoms with Crippen LogP contribution in [0.2, 0.25) is 0 Å². The van der Waals surface area contributed by atoms with E-state index in [1.807, 2.05) is 48.1 Å². The molecule has 5 rings (SSSR count). The molecule has 0 atom stereocenters. The Morgan fingerprint density at radius 3 is 2.71 bits per heavy atom. The van der Waals surface area contributed by atoms with E-state index in [-0.39, 0.29) is 5.91 Å². The Kier molecular flexibility index (Phi) is 6.33. The van der Waals surface area contributed by atoms with Gasteiger partial charge in [-0.2, -0.15) is 5.10 Å². The molecule has 0 unspecified atom stereocenters. The molecule has 1 saturated heterocycles. The maximum Gasteiger partial charge on any atom is 0.255 e. The number of nitrogens with zero attached hydrogens (tertiary/aromatic N) is 5. The zero-order valence-corrected chi connectivity index (χ0v) is 20.4. The van der Waals surface area contributed by atoms with E-state index in [2.05, 4.69) is 35.9 Å². The van der Waals surface area contributed by atoms with Crippen molar-refractivity contribution >= 4 is 17.0 Å². The van der Waals surface area contributed by atoms with Gasteiger partial charge in [-0.05, 0) is 82.0 Å². The molecular formula is C28H33N5O. The summed E-state index contributed by atoms with van der Waals surface area (Å²) in [4.78, 5) is 22.4. The van der Waals surface area contributed by atoms with Crippen LogP contribution in [0.1, 0.15) is 50.2 Å². The molecule has 0 spiro atoms. The molecule has 1 fully saturated rings. The summed E-state index contributed by atoms with van der Waals surface area (Å²) in [6.45, 7) is 9.76. The maximum absolute atomic E-state index is 13.4. The number of hydrogen-bond donors (Lipinski definition) is 0. The van der Waals surface area contributed by atoms with Crippen molar-refractivity contribution in [3.8, 4) is 0 Å². The molecule has 6 heteroatoms. The fourth-order valence-electron chi connectivity index (χ4n) is 5.15. The van der Waals surface area contributed by atoms with Crippen molar-refractivity contribution in [3.63, 3.8) is 0 Å². The van der Waals surface area contributed by atoms with Crippen LogP contribution in [0.5, 0.6) is 0 Å². The molecule has 1 amide bonds. The van der Waals surface area contributed by atoms with Crippen LogP contribution in [0.4, 0.5) is 0 Å². The first-order valence-electron chi connectivity index (χ1n) is 12.5. The molecule has 0 bridgehead atoms. The molecule has 176 valence electrons. The molecule has 3 aliphatic rings. The summed E-state index contributed by atoms with van der Waals surface area (Å²) in [5, 5.41) is 4.76. The lowest BCUT2D eigenvalue weighted by molar-refractivity contribution is -0.122. The third-order valence-corrected chi connectivity index (χ3v) is 6.94. The standard InChI is InChI=1S/C28H33N5O/c1-4-13-31-14-11-21(12-15-31)23-9-10-24-8-6-7-22(16-28(34)32(24)19-23)26-17-27-25(5-2)29-20(3)18-33(27)30-26/h6-10,16-19,21H,4-5,11-15H2,1-3H3/b7-6+,22-16+,24-8+. The number of likely N-dealkylation sites (tertiary alicyclic amines) is 1. The highest BCUT2D eigenvalue weighted by molar-refractivity contribution is 5.99. The smallest absolute Gasteiger partial charge is 0.255 e. The average Bonchev–Trinajstić information content (AvgIpc) is 3.26. The first kappa shape index (κ1) is 22.5. The van der Waals surface area contributed by atoms with Gasteiger partial charge < -0.3 is 4.90 Å².